The Morgan fingerprint density at radius 1 is 0.556 bits per heavy atom. The second-order valence-corrected chi connectivity index (χ2v) is 11.4. The Balaban J connectivity index is 0. The Labute approximate surface area is 296 Å². The molecule has 6 rings (SSSR count). The Bertz CT molecular complexity index is 1250. The molecule has 0 radical (unpaired) electrons. The van der Waals surface area contributed by atoms with Gasteiger partial charge in [-0.1, -0.05) is 54.6 Å². The molecule has 0 aliphatic rings. The van der Waals surface area contributed by atoms with Crippen LogP contribution >= 0.6 is 31.1 Å². The molecule has 45 heavy (non-hydrogen) atoms. The van der Waals surface area contributed by atoms with E-state index in [-0.39, 0.29) is 42.7 Å². The first-order valence-electron chi connectivity index (χ1n) is 13.3. The Kier molecular flexibility index (Phi) is 27.0. The first-order chi connectivity index (χ1) is 20.8. The molecule has 0 saturated heterocycles. The zero-order valence-electron chi connectivity index (χ0n) is 25.1. The molecule has 0 aliphatic heterocycles. The zero-order chi connectivity index (χ0) is 30.4. The van der Waals surface area contributed by atoms with Crippen molar-refractivity contribution >= 4 is 54.2 Å². The van der Waals surface area contributed by atoms with E-state index in [4.69, 9.17) is 23.2 Å². The Morgan fingerprint density at radius 3 is 1.00 bits per heavy atom. The number of halogens is 3. The summed E-state index contributed by atoms with van der Waals surface area (Å²) in [6.07, 6.45) is 11.0. The smallest absolute Gasteiger partial charge is 1.00 e. The van der Waals surface area contributed by atoms with Crippen LogP contribution in [0.3, 0.4) is 0 Å². The van der Waals surface area contributed by atoms with Gasteiger partial charge in [0, 0.05) is 18.6 Å². The summed E-state index contributed by atoms with van der Waals surface area (Å²) < 4.78 is 5.62. The van der Waals surface area contributed by atoms with E-state index < -0.39 is 15.0 Å². The van der Waals surface area contributed by atoms with Crippen molar-refractivity contribution in [2.75, 3.05) is 19.4 Å². The van der Waals surface area contributed by atoms with Crippen LogP contribution in [0.15, 0.2) is 146 Å². The van der Waals surface area contributed by atoms with Crippen molar-refractivity contribution in [1.29, 1.82) is 0 Å². The van der Waals surface area contributed by atoms with Crippen molar-refractivity contribution in [1.82, 2.24) is 29.1 Å². The fraction of sp³-hybridized carbons (Fsp3) is 0.100. The summed E-state index contributed by atoms with van der Waals surface area (Å²) >= 11 is 9.53. The number of alkyl halides is 2. The number of benzene rings is 3. The molecule has 0 atom stereocenters. The third kappa shape index (κ3) is 14.4. The van der Waals surface area contributed by atoms with Gasteiger partial charge in [0.05, 0.1) is 13.3 Å². The number of aromatic nitrogens is 6. The fourth-order valence-electron chi connectivity index (χ4n) is 4.16. The molecule has 3 aromatic heterocycles. The molecule has 6 aromatic rings. The summed E-state index contributed by atoms with van der Waals surface area (Å²) in [4.78, 5) is 0. The molecule has 240 valence electrons. The van der Waals surface area contributed by atoms with E-state index in [2.05, 4.69) is 118 Å². The standard InChI is InChI=1S/C18H15P.C9H10BN6.CH2Cl2.2CH5N.ClH.H2O.Ru/c1-4-10-16(11-5-1)19(17-12-6-2-7-13-17)18-14-8-3-9-15-18;1-4-11-14(7-1)10(15-8-2-5-12-15)16-9-3-6-13-16;2-1-3;2*1-2;;;/h1-15H;1-10H;1H2;2*2H2,1H3;1H;1H2;/q;-1;;;;;;+4. The predicted octanol–water partition coefficient (Wildman–Crippen LogP) is -0.137. The van der Waals surface area contributed by atoms with Gasteiger partial charge in [-0.2, -0.15) is 0 Å². The third-order valence-corrected chi connectivity index (χ3v) is 8.47. The SMILES string of the molecule is CN.CN.ClCCl.O.[Cl-].[Ru+4].c1ccc([PH+](c2ccccc2)c2ccccc2)cc1.c1cnn([BH-](n2cccn2)n2cccn2)c1. The number of nitrogens with zero attached hydrogens (tertiary/aromatic N) is 6. The van der Waals surface area contributed by atoms with E-state index in [9.17, 15) is 0 Å². The van der Waals surface area contributed by atoms with Gasteiger partial charge < -0.3 is 43.1 Å². The summed E-state index contributed by atoms with van der Waals surface area (Å²) in [7, 11) is 0.998. The number of hydrogen-bond acceptors (Lipinski definition) is 5. The first kappa shape index (κ1) is 44.3. The Hall–Kier alpha value is -2.84. The summed E-state index contributed by atoms with van der Waals surface area (Å²) in [6, 6.07) is 38.2. The molecule has 15 heteroatoms. The Morgan fingerprint density at radius 2 is 0.800 bits per heavy atom. The van der Waals surface area contributed by atoms with Crippen LogP contribution in [0.2, 0.25) is 0 Å². The van der Waals surface area contributed by atoms with Crippen LogP contribution in [0, 0.1) is 0 Å². The monoisotopic (exact) mass is 777 g/mol. The number of nitrogens with two attached hydrogens (primary N) is 2. The molecule has 3 aromatic carbocycles. The normalized spacial score (nSPS) is 9.07. The number of rotatable bonds is 6. The summed E-state index contributed by atoms with van der Waals surface area (Å²) in [5, 5.41) is 17.3. The van der Waals surface area contributed by atoms with Gasteiger partial charge in [-0.05, 0) is 87.3 Å². The van der Waals surface area contributed by atoms with Gasteiger partial charge in [-0.15, -0.1) is 23.2 Å². The van der Waals surface area contributed by atoms with Crippen molar-refractivity contribution in [3.05, 3.63) is 146 Å². The molecular weight excluding hydrogens is 738 g/mol. The molecule has 9 nitrogen and oxygen atoms in total. The van der Waals surface area contributed by atoms with Crippen molar-refractivity contribution in [2.24, 2.45) is 11.5 Å². The molecule has 0 saturated carbocycles. The quantitative estimate of drug-likeness (QED) is 0.138. The first-order valence-corrected chi connectivity index (χ1v) is 15.8. The van der Waals surface area contributed by atoms with Crippen molar-refractivity contribution in [2.45, 2.75) is 0 Å². The third-order valence-electron chi connectivity index (χ3n) is 5.73. The molecule has 0 bridgehead atoms. The fourth-order valence-corrected chi connectivity index (χ4v) is 6.74. The second kappa shape index (κ2) is 27.5. The maximum atomic E-state index is 4.76. The topological polar surface area (TPSA) is 137 Å². The van der Waals surface area contributed by atoms with Gasteiger partial charge >= 0.3 is 26.6 Å². The maximum Gasteiger partial charge on any atom is 4.00 e. The summed E-state index contributed by atoms with van der Waals surface area (Å²) in [5.74, 6) is 0. The predicted molar refractivity (Wildman–Crippen MR) is 187 cm³/mol. The molecule has 0 aliphatic carbocycles. The van der Waals surface area contributed by atoms with E-state index in [0.29, 0.717) is 0 Å². The van der Waals surface area contributed by atoms with Crippen LogP contribution in [0.4, 0.5) is 0 Å². The van der Waals surface area contributed by atoms with Crippen molar-refractivity contribution in [3.8, 4) is 0 Å². The molecule has 0 fully saturated rings. The van der Waals surface area contributed by atoms with E-state index in [0.717, 1.165) is 0 Å². The van der Waals surface area contributed by atoms with Gasteiger partial charge in [0.25, 0.3) is 0 Å². The van der Waals surface area contributed by atoms with Crippen LogP contribution in [-0.4, -0.2) is 61.1 Å². The molecule has 0 amide bonds. The summed E-state index contributed by atoms with van der Waals surface area (Å²) in [6.45, 7) is 0. The van der Waals surface area contributed by atoms with E-state index in [1.54, 1.807) is 18.6 Å². The summed E-state index contributed by atoms with van der Waals surface area (Å²) in [5.41, 5.74) is 9.00. The minimum absolute atomic E-state index is 0. The van der Waals surface area contributed by atoms with Crippen LogP contribution in [0.25, 0.3) is 0 Å². The molecule has 0 unspecified atom stereocenters. The molecule has 3 heterocycles. The van der Waals surface area contributed by atoms with Gasteiger partial charge in [0.2, 0.25) is 0 Å². The van der Waals surface area contributed by atoms with Crippen molar-refractivity contribution in [3.63, 3.8) is 0 Å². The van der Waals surface area contributed by atoms with Gasteiger partial charge in [0.1, 0.15) is 15.9 Å². The van der Waals surface area contributed by atoms with Crippen LogP contribution in [-0.2, 0) is 19.5 Å². The van der Waals surface area contributed by atoms with Crippen LogP contribution < -0.4 is 39.8 Å². The number of hydrogen-bond donors (Lipinski definition) is 2. The second-order valence-electron chi connectivity index (χ2n) is 8.13. The van der Waals surface area contributed by atoms with Crippen LogP contribution in [0.1, 0.15) is 0 Å². The molecule has 6 N–H and O–H groups in total. The largest absolute Gasteiger partial charge is 4.00 e. The van der Waals surface area contributed by atoms with Gasteiger partial charge in [0.15, 0.2) is 0 Å². The average Bonchev–Trinajstić information content (AvgIpc) is 3.88. The van der Waals surface area contributed by atoms with Crippen molar-refractivity contribution < 1.29 is 37.4 Å². The molecule has 0 spiro atoms. The minimum atomic E-state index is -1.12. The van der Waals surface area contributed by atoms with Crippen LogP contribution in [0.5, 0.6) is 0 Å². The molecular formula is C30H40BCl3N8OPRu+3. The van der Waals surface area contributed by atoms with E-state index >= 15 is 0 Å². The average molecular weight is 778 g/mol. The van der Waals surface area contributed by atoms with Gasteiger partial charge in [-0.3, -0.25) is 0 Å². The van der Waals surface area contributed by atoms with E-state index in [1.165, 1.54) is 30.0 Å². The van der Waals surface area contributed by atoms with Gasteiger partial charge in [-0.25, -0.2) is 15.3 Å². The van der Waals surface area contributed by atoms with E-state index in [1.807, 2.05) is 50.6 Å². The minimum Gasteiger partial charge on any atom is -1.00 e. The maximum absolute atomic E-state index is 4.76. The zero-order valence-corrected chi connectivity index (χ0v) is 30.1.